The van der Waals surface area contributed by atoms with Gasteiger partial charge < -0.3 is 14.6 Å². The van der Waals surface area contributed by atoms with Crippen LogP contribution in [0, 0.1) is 0 Å². The Morgan fingerprint density at radius 3 is 2.56 bits per heavy atom. The van der Waals surface area contributed by atoms with Crippen LogP contribution >= 0.6 is 0 Å². The molecule has 0 saturated heterocycles. The fraction of sp³-hybridized carbons (Fsp3) is 0.556. The molecule has 0 saturated carbocycles. The van der Waals surface area contributed by atoms with Gasteiger partial charge in [0.15, 0.2) is 6.04 Å². The van der Waals surface area contributed by atoms with Gasteiger partial charge in [-0.05, 0) is 45.2 Å². The summed E-state index contributed by atoms with van der Waals surface area (Å²) >= 11 is 0. The van der Waals surface area contributed by atoms with Gasteiger partial charge in [-0.2, -0.15) is 0 Å². The molecule has 0 aliphatic carbocycles. The normalized spacial score (nSPS) is 16.5. The molecule has 7 heteroatoms. The van der Waals surface area contributed by atoms with Gasteiger partial charge in [-0.1, -0.05) is 23.8 Å². The van der Waals surface area contributed by atoms with E-state index in [0.717, 1.165) is 5.56 Å². The molecule has 0 radical (unpaired) electrons. The maximum atomic E-state index is 12.5. The number of hydrogen-bond donors (Lipinski definition) is 0. The molecule has 1 atom stereocenters. The number of hydrogen-bond acceptors (Lipinski definition) is 5. The number of esters is 1. The fourth-order valence-electron chi connectivity index (χ4n) is 2.76. The van der Waals surface area contributed by atoms with E-state index in [1.165, 1.54) is 4.90 Å². The van der Waals surface area contributed by atoms with Gasteiger partial charge in [0.1, 0.15) is 5.60 Å². The van der Waals surface area contributed by atoms with Crippen LogP contribution in [-0.4, -0.2) is 35.7 Å². The quantitative estimate of drug-likeness (QED) is 0.584. The Kier molecular flexibility index (Phi) is 8.74. The minimum atomic E-state index is -0.843. The summed E-state index contributed by atoms with van der Waals surface area (Å²) in [5.74, 6) is -0.487. The van der Waals surface area contributed by atoms with Gasteiger partial charge in [0.25, 0.3) is 0 Å². The summed E-state index contributed by atoms with van der Waals surface area (Å²) in [5, 5.41) is 11.1. The van der Waals surface area contributed by atoms with Crippen LogP contribution in [0.25, 0.3) is 0 Å². The predicted octanol–water partition coefficient (Wildman–Crippen LogP) is -1.05. The van der Waals surface area contributed by atoms with Gasteiger partial charge in [0.2, 0.25) is 0 Å². The second-order valence-corrected chi connectivity index (χ2v) is 6.76. The minimum absolute atomic E-state index is 0. The van der Waals surface area contributed by atoms with Crippen molar-refractivity contribution in [2.75, 3.05) is 13.2 Å². The van der Waals surface area contributed by atoms with Gasteiger partial charge in [0.05, 0.1) is 6.61 Å². The van der Waals surface area contributed by atoms with Crippen LogP contribution in [-0.2, 0) is 27.3 Å². The fourth-order valence-corrected chi connectivity index (χ4v) is 2.76. The van der Waals surface area contributed by atoms with Gasteiger partial charge in [-0.25, -0.2) is 9.59 Å². The number of amides is 1. The average Bonchev–Trinajstić information content (AvgIpc) is 2.51. The zero-order chi connectivity index (χ0) is 17.9. The Morgan fingerprint density at radius 2 is 2.00 bits per heavy atom. The molecule has 0 fully saturated rings. The van der Waals surface area contributed by atoms with Crippen molar-refractivity contribution in [2.45, 2.75) is 52.4 Å². The van der Waals surface area contributed by atoms with E-state index in [4.69, 9.17) is 9.47 Å². The Hall–Kier alpha value is -0.275. The number of carbonyl (C=O) groups is 2. The Labute approximate surface area is 197 Å². The molecule has 0 N–H and O–H groups in total. The summed E-state index contributed by atoms with van der Waals surface area (Å²) in [7, 11) is 0. The standard InChI is InChI=1S/C18H24NO5.Rb/c1-5-23-16(21)15-14-7-6-12(11-20)10-13(14)8-9-19(15)17(22)24-18(2,3)4;/h6-7,10,15H,5,8-9,11H2,1-4H3;/q-1;+1. The SMILES string of the molecule is CCOC(=O)C1c2ccc(C[O-])cc2CCN1C(=O)OC(C)(C)C.[Rb+]. The summed E-state index contributed by atoms with van der Waals surface area (Å²) in [5.41, 5.74) is 1.62. The molecule has 2 rings (SSSR count). The zero-order valence-electron chi connectivity index (χ0n) is 15.6. The predicted molar refractivity (Wildman–Crippen MR) is 86.2 cm³/mol. The Balaban J connectivity index is 0.00000312. The van der Waals surface area contributed by atoms with E-state index in [1.54, 1.807) is 45.9 Å². The second kappa shape index (κ2) is 9.60. The van der Waals surface area contributed by atoms with Crippen LogP contribution in [0.4, 0.5) is 4.79 Å². The van der Waals surface area contributed by atoms with Gasteiger partial charge in [-0.3, -0.25) is 4.90 Å². The first-order valence-corrected chi connectivity index (χ1v) is 8.13. The van der Waals surface area contributed by atoms with Crippen molar-refractivity contribution in [3.8, 4) is 0 Å². The summed E-state index contributed by atoms with van der Waals surface area (Å²) in [6.07, 6.45) is 0.0253. The minimum Gasteiger partial charge on any atom is -0.851 e. The largest absolute Gasteiger partial charge is 1.00 e. The molecule has 1 unspecified atom stereocenters. The summed E-state index contributed by atoms with van der Waals surface area (Å²) in [4.78, 5) is 26.4. The van der Waals surface area contributed by atoms with Gasteiger partial charge >= 0.3 is 70.3 Å². The third-order valence-electron chi connectivity index (χ3n) is 3.74. The maximum absolute atomic E-state index is 12.5. The van der Waals surface area contributed by atoms with E-state index in [1.807, 2.05) is 0 Å². The number of rotatable bonds is 3. The van der Waals surface area contributed by atoms with E-state index >= 15 is 0 Å². The molecule has 1 heterocycles. The van der Waals surface area contributed by atoms with Crippen molar-refractivity contribution < 1.29 is 82.4 Å². The Morgan fingerprint density at radius 1 is 1.32 bits per heavy atom. The summed E-state index contributed by atoms with van der Waals surface area (Å²) in [6, 6.07) is 4.39. The number of nitrogens with zero attached hydrogens (tertiary/aromatic N) is 1. The molecule has 1 aromatic rings. The smallest absolute Gasteiger partial charge is 0.851 e. The van der Waals surface area contributed by atoms with Gasteiger partial charge in [0, 0.05) is 6.54 Å². The summed E-state index contributed by atoms with van der Waals surface area (Å²) < 4.78 is 10.6. The number of carbonyl (C=O) groups excluding carboxylic acids is 2. The first-order chi connectivity index (χ1) is 11.3. The van der Waals surface area contributed by atoms with Crippen molar-refractivity contribution in [1.29, 1.82) is 0 Å². The first kappa shape index (κ1) is 22.8. The van der Waals surface area contributed by atoms with E-state index in [-0.39, 0.29) is 71.4 Å². The van der Waals surface area contributed by atoms with Crippen molar-refractivity contribution in [3.63, 3.8) is 0 Å². The van der Waals surface area contributed by atoms with Crippen molar-refractivity contribution in [3.05, 3.63) is 34.9 Å². The van der Waals surface area contributed by atoms with E-state index in [0.29, 0.717) is 24.1 Å². The van der Waals surface area contributed by atoms with Crippen molar-refractivity contribution in [1.82, 2.24) is 4.90 Å². The molecule has 1 aromatic carbocycles. The van der Waals surface area contributed by atoms with Crippen molar-refractivity contribution >= 4 is 12.1 Å². The molecule has 1 aliphatic rings. The van der Waals surface area contributed by atoms with E-state index in [9.17, 15) is 14.7 Å². The molecule has 25 heavy (non-hydrogen) atoms. The molecule has 6 nitrogen and oxygen atoms in total. The third kappa shape index (κ3) is 5.86. The number of ether oxygens (including phenoxy) is 2. The molecule has 132 valence electrons. The molecule has 1 amide bonds. The summed E-state index contributed by atoms with van der Waals surface area (Å²) in [6.45, 7) is 7.32. The van der Waals surface area contributed by atoms with Crippen LogP contribution in [0.5, 0.6) is 0 Å². The van der Waals surface area contributed by atoms with Crippen LogP contribution < -0.4 is 63.3 Å². The number of benzene rings is 1. The molecule has 1 aliphatic heterocycles. The van der Waals surface area contributed by atoms with E-state index in [2.05, 4.69) is 0 Å². The molecule has 0 spiro atoms. The van der Waals surface area contributed by atoms with Crippen LogP contribution in [0.15, 0.2) is 18.2 Å². The zero-order valence-corrected chi connectivity index (χ0v) is 20.5. The topological polar surface area (TPSA) is 78.9 Å². The monoisotopic (exact) mass is 419 g/mol. The maximum Gasteiger partial charge on any atom is 1.00 e. The van der Waals surface area contributed by atoms with Gasteiger partial charge in [-0.15, -0.1) is 6.61 Å². The number of fused-ring (bicyclic) bond motifs is 1. The van der Waals surface area contributed by atoms with E-state index < -0.39 is 23.7 Å². The van der Waals surface area contributed by atoms with Crippen LogP contribution in [0.3, 0.4) is 0 Å². The molecular formula is C18H24NO5Rb. The second-order valence-electron chi connectivity index (χ2n) is 6.76. The molecular weight excluding hydrogens is 396 g/mol. The van der Waals surface area contributed by atoms with Crippen LogP contribution in [0.1, 0.15) is 50.4 Å². The van der Waals surface area contributed by atoms with Crippen molar-refractivity contribution in [2.24, 2.45) is 0 Å². The molecule has 0 aromatic heterocycles. The Bertz CT molecular complexity index is 626. The third-order valence-corrected chi connectivity index (χ3v) is 3.74. The average molecular weight is 420 g/mol. The van der Waals surface area contributed by atoms with Crippen LogP contribution in [0.2, 0.25) is 0 Å². The molecule has 0 bridgehead atoms. The first-order valence-electron chi connectivity index (χ1n) is 8.13.